The van der Waals surface area contributed by atoms with Crippen LogP contribution < -0.4 is 10.5 Å². The van der Waals surface area contributed by atoms with E-state index in [-0.39, 0.29) is 18.5 Å². The van der Waals surface area contributed by atoms with Crippen LogP contribution in [0.5, 0.6) is 5.88 Å². The van der Waals surface area contributed by atoms with E-state index in [0.717, 1.165) is 24.2 Å². The summed E-state index contributed by atoms with van der Waals surface area (Å²) in [6.07, 6.45) is 0.188. The van der Waals surface area contributed by atoms with Crippen molar-refractivity contribution >= 4 is 0 Å². The molecule has 0 radical (unpaired) electrons. The van der Waals surface area contributed by atoms with Gasteiger partial charge in [-0.3, -0.25) is 0 Å². The van der Waals surface area contributed by atoms with E-state index in [2.05, 4.69) is 16.9 Å². The first kappa shape index (κ1) is 17.4. The molecule has 0 amide bonds. The van der Waals surface area contributed by atoms with Gasteiger partial charge in [0, 0.05) is 36.6 Å². The van der Waals surface area contributed by atoms with E-state index in [0.29, 0.717) is 23.4 Å². The summed E-state index contributed by atoms with van der Waals surface area (Å²) in [5.41, 5.74) is 7.51. The van der Waals surface area contributed by atoms with E-state index in [9.17, 15) is 9.50 Å². The number of hydrogen-bond donors (Lipinski definition) is 2. The van der Waals surface area contributed by atoms with Crippen LogP contribution in [-0.2, 0) is 5.54 Å². The summed E-state index contributed by atoms with van der Waals surface area (Å²) in [7, 11) is 2.12. The molecular formula is C20H24FN3O2. The molecule has 1 saturated carbocycles. The Morgan fingerprint density at radius 3 is 2.54 bits per heavy atom. The average molecular weight is 357 g/mol. The van der Waals surface area contributed by atoms with Crippen molar-refractivity contribution in [1.29, 1.82) is 0 Å². The van der Waals surface area contributed by atoms with Gasteiger partial charge >= 0.3 is 0 Å². The second-order valence-electron chi connectivity index (χ2n) is 7.79. The van der Waals surface area contributed by atoms with Crippen molar-refractivity contribution in [3.63, 3.8) is 0 Å². The monoisotopic (exact) mass is 357 g/mol. The number of ether oxygens (including phenoxy) is 1. The largest absolute Gasteiger partial charge is 0.474 e. The van der Waals surface area contributed by atoms with Gasteiger partial charge in [0.2, 0.25) is 5.88 Å². The highest BCUT2D eigenvalue weighted by molar-refractivity contribution is 5.61. The van der Waals surface area contributed by atoms with Crippen molar-refractivity contribution in [2.45, 2.75) is 18.6 Å². The highest BCUT2D eigenvalue weighted by Crippen LogP contribution is 2.47. The van der Waals surface area contributed by atoms with Crippen LogP contribution in [0, 0.1) is 17.7 Å². The second kappa shape index (κ2) is 6.30. The average Bonchev–Trinajstić information content (AvgIpc) is 3.07. The Kier molecular flexibility index (Phi) is 4.22. The van der Waals surface area contributed by atoms with Crippen molar-refractivity contribution in [2.24, 2.45) is 17.6 Å². The lowest BCUT2D eigenvalue weighted by Crippen LogP contribution is -2.37. The molecule has 5 nitrogen and oxygen atoms in total. The Balaban J connectivity index is 1.66. The fourth-order valence-corrected chi connectivity index (χ4v) is 3.75. The minimum Gasteiger partial charge on any atom is -0.474 e. The SMILES string of the molecule is CN1C[C@@H]2[C@H](C1)[C@H]2Oc1cc(C(C)(N)CO)cc(-c2ccc(F)cc2)n1. The molecule has 4 rings (SSSR count). The van der Waals surface area contributed by atoms with Gasteiger partial charge < -0.3 is 20.5 Å². The minimum absolute atomic E-state index is 0.188. The van der Waals surface area contributed by atoms with Gasteiger partial charge in [-0.05, 0) is 49.9 Å². The highest BCUT2D eigenvalue weighted by Gasteiger charge is 2.57. The minimum atomic E-state index is -0.907. The van der Waals surface area contributed by atoms with Gasteiger partial charge in [0.15, 0.2) is 0 Å². The third kappa shape index (κ3) is 3.20. The van der Waals surface area contributed by atoms with Crippen LogP contribution >= 0.6 is 0 Å². The smallest absolute Gasteiger partial charge is 0.214 e. The van der Waals surface area contributed by atoms with Crippen molar-refractivity contribution in [3.05, 3.63) is 47.8 Å². The number of aromatic nitrogens is 1. The Morgan fingerprint density at radius 2 is 1.92 bits per heavy atom. The molecule has 26 heavy (non-hydrogen) atoms. The van der Waals surface area contributed by atoms with Crippen LogP contribution in [0.2, 0.25) is 0 Å². The lowest BCUT2D eigenvalue weighted by Gasteiger charge is -2.24. The van der Waals surface area contributed by atoms with Gasteiger partial charge in [0.25, 0.3) is 0 Å². The maximum Gasteiger partial charge on any atom is 0.214 e. The number of halogens is 1. The van der Waals surface area contributed by atoms with Crippen LogP contribution in [0.15, 0.2) is 36.4 Å². The number of nitrogens with zero attached hydrogens (tertiary/aromatic N) is 2. The molecule has 1 aromatic heterocycles. The zero-order valence-electron chi connectivity index (χ0n) is 15.0. The molecule has 2 aromatic rings. The molecule has 6 heteroatoms. The van der Waals surface area contributed by atoms with E-state index in [4.69, 9.17) is 10.5 Å². The van der Waals surface area contributed by atoms with Gasteiger partial charge in [0.1, 0.15) is 11.9 Å². The summed E-state index contributed by atoms with van der Waals surface area (Å²) in [6.45, 7) is 3.66. The van der Waals surface area contributed by atoms with E-state index < -0.39 is 5.54 Å². The first-order valence-electron chi connectivity index (χ1n) is 8.91. The summed E-state index contributed by atoms with van der Waals surface area (Å²) < 4.78 is 19.4. The maximum atomic E-state index is 13.2. The molecule has 3 N–H and O–H groups in total. The number of nitrogens with two attached hydrogens (primary N) is 1. The molecule has 0 spiro atoms. The van der Waals surface area contributed by atoms with E-state index in [1.54, 1.807) is 25.1 Å². The Morgan fingerprint density at radius 1 is 1.27 bits per heavy atom. The molecular weight excluding hydrogens is 333 g/mol. The van der Waals surface area contributed by atoms with Gasteiger partial charge in [0.05, 0.1) is 17.8 Å². The van der Waals surface area contributed by atoms with E-state index in [1.807, 2.05) is 6.07 Å². The Bertz CT molecular complexity index is 797. The number of benzene rings is 1. The Hall–Kier alpha value is -2.02. The quantitative estimate of drug-likeness (QED) is 0.856. The lowest BCUT2D eigenvalue weighted by molar-refractivity contribution is 0.205. The number of aliphatic hydroxyl groups is 1. The van der Waals surface area contributed by atoms with Crippen LogP contribution in [0.25, 0.3) is 11.3 Å². The van der Waals surface area contributed by atoms with Crippen LogP contribution in [0.1, 0.15) is 12.5 Å². The highest BCUT2D eigenvalue weighted by atomic mass is 19.1. The van der Waals surface area contributed by atoms with Crippen molar-refractivity contribution in [1.82, 2.24) is 9.88 Å². The third-order valence-electron chi connectivity index (χ3n) is 5.48. The summed E-state index contributed by atoms with van der Waals surface area (Å²) in [5.74, 6) is 1.33. The number of pyridine rings is 1. The van der Waals surface area contributed by atoms with E-state index in [1.165, 1.54) is 12.1 Å². The van der Waals surface area contributed by atoms with E-state index >= 15 is 0 Å². The maximum absolute atomic E-state index is 13.2. The fraction of sp³-hybridized carbons (Fsp3) is 0.450. The van der Waals surface area contributed by atoms with Crippen molar-refractivity contribution in [2.75, 3.05) is 26.7 Å². The zero-order chi connectivity index (χ0) is 18.5. The van der Waals surface area contributed by atoms with Gasteiger partial charge in [-0.15, -0.1) is 0 Å². The number of fused-ring (bicyclic) bond motifs is 1. The van der Waals surface area contributed by atoms with Gasteiger partial charge in [-0.1, -0.05) is 0 Å². The zero-order valence-corrected chi connectivity index (χ0v) is 15.0. The van der Waals surface area contributed by atoms with Gasteiger partial charge in [-0.25, -0.2) is 9.37 Å². The number of likely N-dealkylation sites (tertiary alicyclic amines) is 1. The molecule has 0 bridgehead atoms. The first-order chi connectivity index (χ1) is 12.4. The molecule has 2 aliphatic rings. The van der Waals surface area contributed by atoms with Crippen molar-refractivity contribution in [3.8, 4) is 17.1 Å². The number of piperidine rings is 1. The number of aliphatic hydroxyl groups excluding tert-OH is 1. The molecule has 1 aromatic carbocycles. The summed E-state index contributed by atoms with van der Waals surface area (Å²) in [6, 6.07) is 9.80. The molecule has 4 atom stereocenters. The molecule has 1 unspecified atom stereocenters. The van der Waals surface area contributed by atoms with Crippen LogP contribution in [0.3, 0.4) is 0 Å². The molecule has 138 valence electrons. The standard InChI is InChI=1S/C20H24FN3O2/c1-20(22,11-25)13-7-17(12-3-5-14(21)6-4-12)23-18(8-13)26-19-15-9-24(2)10-16(15)19/h3-8,15-16,19,25H,9-11,22H2,1-2H3/t15-,16+,19+,20?. The second-order valence-corrected chi connectivity index (χ2v) is 7.79. The predicted octanol–water partition coefficient (Wildman–Crippen LogP) is 1.99. The van der Waals surface area contributed by atoms with Crippen LogP contribution in [-0.4, -0.2) is 47.8 Å². The molecule has 2 fully saturated rings. The Labute approximate surface area is 152 Å². The topological polar surface area (TPSA) is 71.6 Å². The molecule has 1 aliphatic heterocycles. The fourth-order valence-electron chi connectivity index (χ4n) is 3.75. The third-order valence-corrected chi connectivity index (χ3v) is 5.48. The summed E-state index contributed by atoms with van der Waals surface area (Å²) >= 11 is 0. The molecule has 1 saturated heterocycles. The van der Waals surface area contributed by atoms with Crippen molar-refractivity contribution < 1.29 is 14.2 Å². The predicted molar refractivity (Wildman–Crippen MR) is 97.1 cm³/mol. The number of hydrogen-bond acceptors (Lipinski definition) is 5. The first-order valence-corrected chi connectivity index (χ1v) is 8.91. The van der Waals surface area contributed by atoms with Crippen LogP contribution in [0.4, 0.5) is 4.39 Å². The molecule has 2 heterocycles. The summed E-state index contributed by atoms with van der Waals surface area (Å²) in [5, 5.41) is 9.65. The van der Waals surface area contributed by atoms with Gasteiger partial charge in [-0.2, -0.15) is 0 Å². The summed E-state index contributed by atoms with van der Waals surface area (Å²) in [4.78, 5) is 6.92. The molecule has 1 aliphatic carbocycles. The number of rotatable bonds is 5. The normalized spacial score (nSPS) is 27.0. The lowest BCUT2D eigenvalue weighted by atomic mass is 9.93.